The molecule has 1 saturated heterocycles. The highest BCUT2D eigenvalue weighted by Crippen LogP contribution is 2.23. The maximum atomic E-state index is 6.06. The molecule has 0 amide bonds. The lowest BCUT2D eigenvalue weighted by Gasteiger charge is -2.36. The van der Waals surface area contributed by atoms with Crippen LogP contribution < -0.4 is 9.80 Å². The Hall–Kier alpha value is -2.73. The molecule has 4 rings (SSSR count). The Morgan fingerprint density at radius 3 is 2.23 bits per heavy atom. The van der Waals surface area contributed by atoms with Crippen LogP contribution in [0.3, 0.4) is 0 Å². The van der Waals surface area contributed by atoms with Gasteiger partial charge >= 0.3 is 0 Å². The number of piperazine rings is 1. The number of aromatic nitrogens is 4. The number of rotatable bonds is 3. The van der Waals surface area contributed by atoms with Crippen LogP contribution in [0.5, 0.6) is 0 Å². The highest BCUT2D eigenvalue weighted by Gasteiger charge is 2.20. The first-order valence-electron chi connectivity index (χ1n) is 8.57. The van der Waals surface area contributed by atoms with Gasteiger partial charge in [0.05, 0.1) is 5.69 Å². The SMILES string of the molecule is Cc1nc(Cl)cc(N2CCN(c3cc(-c4ccccc4)ncn3)CC2)n1. The minimum Gasteiger partial charge on any atom is -0.353 e. The second-order valence-electron chi connectivity index (χ2n) is 6.20. The second kappa shape index (κ2) is 7.25. The Balaban J connectivity index is 1.48. The molecular weight excluding hydrogens is 348 g/mol. The number of hydrogen-bond acceptors (Lipinski definition) is 6. The predicted octanol–water partition coefficient (Wildman–Crippen LogP) is 3.22. The fourth-order valence-corrected chi connectivity index (χ4v) is 3.35. The molecule has 1 aliphatic rings. The van der Waals surface area contributed by atoms with Crippen LogP contribution in [-0.2, 0) is 0 Å². The van der Waals surface area contributed by atoms with Crippen LogP contribution in [0.4, 0.5) is 11.6 Å². The number of nitrogens with zero attached hydrogens (tertiary/aromatic N) is 6. The van der Waals surface area contributed by atoms with Crippen LogP contribution in [0.15, 0.2) is 48.8 Å². The van der Waals surface area contributed by atoms with E-state index < -0.39 is 0 Å². The number of hydrogen-bond donors (Lipinski definition) is 0. The van der Waals surface area contributed by atoms with E-state index in [9.17, 15) is 0 Å². The zero-order chi connectivity index (χ0) is 17.9. The van der Waals surface area contributed by atoms with Crippen molar-refractivity contribution in [2.45, 2.75) is 6.92 Å². The van der Waals surface area contributed by atoms with Crippen molar-refractivity contribution in [1.29, 1.82) is 0 Å². The zero-order valence-electron chi connectivity index (χ0n) is 14.5. The van der Waals surface area contributed by atoms with Gasteiger partial charge in [0.2, 0.25) is 0 Å². The third-order valence-electron chi connectivity index (χ3n) is 4.44. The number of benzene rings is 1. The van der Waals surface area contributed by atoms with E-state index in [4.69, 9.17) is 11.6 Å². The average Bonchev–Trinajstić information content (AvgIpc) is 2.68. The topological polar surface area (TPSA) is 58.0 Å². The van der Waals surface area contributed by atoms with Crippen LogP contribution in [-0.4, -0.2) is 46.1 Å². The van der Waals surface area contributed by atoms with E-state index in [1.54, 1.807) is 6.33 Å². The normalized spacial score (nSPS) is 14.5. The summed E-state index contributed by atoms with van der Waals surface area (Å²) < 4.78 is 0. The largest absolute Gasteiger partial charge is 0.353 e. The van der Waals surface area contributed by atoms with Crippen molar-refractivity contribution in [2.24, 2.45) is 0 Å². The van der Waals surface area contributed by atoms with E-state index in [0.29, 0.717) is 11.0 Å². The minimum absolute atomic E-state index is 0.484. The van der Waals surface area contributed by atoms with Crippen molar-refractivity contribution in [1.82, 2.24) is 19.9 Å². The van der Waals surface area contributed by atoms with Crippen molar-refractivity contribution < 1.29 is 0 Å². The van der Waals surface area contributed by atoms with Gasteiger partial charge in [0.1, 0.15) is 28.9 Å². The number of aryl methyl sites for hydroxylation is 1. The van der Waals surface area contributed by atoms with Crippen LogP contribution in [0.1, 0.15) is 5.82 Å². The van der Waals surface area contributed by atoms with Crippen molar-refractivity contribution in [2.75, 3.05) is 36.0 Å². The van der Waals surface area contributed by atoms with E-state index in [1.807, 2.05) is 31.2 Å². The Bertz CT molecular complexity index is 873. The molecule has 0 unspecified atom stereocenters. The van der Waals surface area contributed by atoms with Gasteiger partial charge < -0.3 is 9.80 Å². The summed E-state index contributed by atoms with van der Waals surface area (Å²) in [7, 11) is 0. The van der Waals surface area contributed by atoms with Gasteiger partial charge in [-0.25, -0.2) is 19.9 Å². The molecule has 1 aromatic carbocycles. The molecule has 0 spiro atoms. The average molecular weight is 367 g/mol. The van der Waals surface area contributed by atoms with E-state index in [-0.39, 0.29) is 0 Å². The molecule has 6 nitrogen and oxygen atoms in total. The van der Waals surface area contributed by atoms with E-state index in [1.165, 1.54) is 0 Å². The molecule has 7 heteroatoms. The van der Waals surface area contributed by atoms with Gasteiger partial charge in [-0.2, -0.15) is 0 Å². The highest BCUT2D eigenvalue weighted by atomic mass is 35.5. The van der Waals surface area contributed by atoms with Crippen molar-refractivity contribution in [3.05, 3.63) is 59.8 Å². The van der Waals surface area contributed by atoms with E-state index in [2.05, 4.69) is 47.9 Å². The molecule has 0 bridgehead atoms. The Morgan fingerprint density at radius 2 is 1.54 bits per heavy atom. The second-order valence-corrected chi connectivity index (χ2v) is 6.58. The first-order valence-corrected chi connectivity index (χ1v) is 8.95. The maximum absolute atomic E-state index is 6.06. The van der Waals surface area contributed by atoms with Crippen LogP contribution >= 0.6 is 11.6 Å². The van der Waals surface area contributed by atoms with Gasteiger partial charge in [0.25, 0.3) is 0 Å². The van der Waals surface area contributed by atoms with Gasteiger partial charge in [-0.3, -0.25) is 0 Å². The Morgan fingerprint density at radius 1 is 0.846 bits per heavy atom. The van der Waals surface area contributed by atoms with E-state index in [0.717, 1.165) is 49.1 Å². The molecule has 26 heavy (non-hydrogen) atoms. The third-order valence-corrected chi connectivity index (χ3v) is 4.64. The van der Waals surface area contributed by atoms with Gasteiger partial charge in [-0.1, -0.05) is 41.9 Å². The zero-order valence-corrected chi connectivity index (χ0v) is 15.3. The molecule has 0 N–H and O–H groups in total. The standard InChI is InChI=1S/C19H19ClN6/c1-14-23-17(20)12-19(24-14)26-9-7-25(8-10-26)18-11-16(21-13-22-18)15-5-3-2-4-6-15/h2-6,11-13H,7-10H2,1H3. The highest BCUT2D eigenvalue weighted by molar-refractivity contribution is 6.29. The van der Waals surface area contributed by atoms with Gasteiger partial charge in [0, 0.05) is 43.9 Å². The van der Waals surface area contributed by atoms with Gasteiger partial charge in [-0.15, -0.1) is 0 Å². The maximum Gasteiger partial charge on any atom is 0.134 e. The van der Waals surface area contributed by atoms with Gasteiger partial charge in [-0.05, 0) is 6.92 Å². The molecule has 3 aromatic rings. The van der Waals surface area contributed by atoms with Crippen molar-refractivity contribution in [3.63, 3.8) is 0 Å². The lowest BCUT2D eigenvalue weighted by molar-refractivity contribution is 0.639. The summed E-state index contributed by atoms with van der Waals surface area (Å²) in [5.74, 6) is 2.53. The summed E-state index contributed by atoms with van der Waals surface area (Å²) in [5.41, 5.74) is 2.04. The molecule has 0 radical (unpaired) electrons. The summed E-state index contributed by atoms with van der Waals surface area (Å²) in [6.45, 7) is 5.31. The molecule has 0 aliphatic carbocycles. The summed E-state index contributed by atoms with van der Waals surface area (Å²) in [6, 6.07) is 14.0. The van der Waals surface area contributed by atoms with Crippen LogP contribution in [0, 0.1) is 6.92 Å². The first-order chi connectivity index (χ1) is 12.7. The molecule has 0 saturated carbocycles. The molecule has 2 aromatic heterocycles. The number of anilines is 2. The Labute approximate surface area is 157 Å². The molecular formula is C19H19ClN6. The predicted molar refractivity (Wildman–Crippen MR) is 104 cm³/mol. The van der Waals surface area contributed by atoms with E-state index >= 15 is 0 Å². The summed E-state index contributed by atoms with van der Waals surface area (Å²) in [5, 5.41) is 0.484. The summed E-state index contributed by atoms with van der Waals surface area (Å²) in [4.78, 5) is 22.0. The molecule has 132 valence electrons. The lowest BCUT2D eigenvalue weighted by atomic mass is 10.1. The van der Waals surface area contributed by atoms with Gasteiger partial charge in [0.15, 0.2) is 0 Å². The third kappa shape index (κ3) is 3.60. The lowest BCUT2D eigenvalue weighted by Crippen LogP contribution is -2.47. The smallest absolute Gasteiger partial charge is 0.134 e. The molecule has 0 atom stereocenters. The monoisotopic (exact) mass is 366 g/mol. The minimum atomic E-state index is 0.484. The molecule has 3 heterocycles. The summed E-state index contributed by atoms with van der Waals surface area (Å²) in [6.07, 6.45) is 1.64. The fraction of sp³-hybridized carbons (Fsp3) is 0.263. The van der Waals surface area contributed by atoms with Crippen molar-refractivity contribution in [3.8, 4) is 11.3 Å². The summed E-state index contributed by atoms with van der Waals surface area (Å²) >= 11 is 6.06. The molecule has 1 aliphatic heterocycles. The van der Waals surface area contributed by atoms with Crippen LogP contribution in [0.25, 0.3) is 11.3 Å². The first kappa shape index (κ1) is 16.7. The van der Waals surface area contributed by atoms with Crippen molar-refractivity contribution >= 4 is 23.2 Å². The van der Waals surface area contributed by atoms with Crippen LogP contribution in [0.2, 0.25) is 5.15 Å². The Kier molecular flexibility index (Phi) is 4.67. The molecule has 1 fully saturated rings. The number of halogens is 1. The quantitative estimate of drug-likeness (QED) is 0.663. The fourth-order valence-electron chi connectivity index (χ4n) is 3.13.